The fourth-order valence-electron chi connectivity index (χ4n) is 1.30. The summed E-state index contributed by atoms with van der Waals surface area (Å²) in [6.07, 6.45) is 1.69. The fraction of sp³-hybridized carbons (Fsp3) is 0.571. The highest BCUT2D eigenvalue weighted by Gasteiger charge is 2.26. The van der Waals surface area contributed by atoms with Crippen molar-refractivity contribution in [1.82, 2.24) is 10.6 Å². The van der Waals surface area contributed by atoms with Gasteiger partial charge in [-0.3, -0.25) is 14.9 Å². The minimum Gasteiger partial charge on any atom is -0.480 e. The van der Waals surface area contributed by atoms with Crippen LogP contribution in [-0.4, -0.2) is 40.6 Å². The normalized spacial score (nSPS) is 14.8. The Morgan fingerprint density at radius 3 is 1.86 bits per heavy atom. The van der Waals surface area contributed by atoms with E-state index in [2.05, 4.69) is 5.32 Å². The van der Waals surface area contributed by atoms with Gasteiger partial charge < -0.3 is 15.2 Å². The Hall–Kier alpha value is -2.38. The Balaban J connectivity index is 0.000000518. The summed E-state index contributed by atoms with van der Waals surface area (Å²) in [5, 5.41) is 13.2. The van der Waals surface area contributed by atoms with E-state index in [1.54, 1.807) is 34.6 Å². The number of alkyl carbamates (subject to hydrolysis) is 1. The lowest BCUT2D eigenvalue weighted by Gasteiger charge is -2.23. The molecule has 1 heterocycles. The Bertz CT molecular complexity index is 460. The zero-order valence-electron chi connectivity index (χ0n) is 13.3. The minimum atomic E-state index is -1.06. The molecule has 1 atom stereocenters. The first-order valence-corrected chi connectivity index (χ1v) is 6.67. The number of imide groups is 1. The molecule has 0 aliphatic carbocycles. The lowest BCUT2D eigenvalue weighted by atomic mass is 10.1. The second-order valence-corrected chi connectivity index (χ2v) is 5.89. The number of carbonyl (C=O) groups is 4. The molecule has 3 amide bonds. The highest BCUT2D eigenvalue weighted by Crippen LogP contribution is 2.08. The van der Waals surface area contributed by atoms with Crippen molar-refractivity contribution < 1.29 is 29.0 Å². The quantitative estimate of drug-likeness (QED) is 0.663. The second-order valence-electron chi connectivity index (χ2n) is 5.89. The summed E-state index contributed by atoms with van der Waals surface area (Å²) in [6.45, 7) is 8.60. The number of ether oxygens (including phenoxy) is 1. The largest absolute Gasteiger partial charge is 0.480 e. The molecule has 1 aliphatic rings. The van der Waals surface area contributed by atoms with Crippen molar-refractivity contribution in [2.75, 3.05) is 0 Å². The maximum absolute atomic E-state index is 11.3. The summed E-state index contributed by atoms with van der Waals surface area (Å²) in [6, 6.07) is -0.917. The van der Waals surface area contributed by atoms with E-state index in [9.17, 15) is 19.2 Å². The molecule has 0 aromatic rings. The van der Waals surface area contributed by atoms with E-state index in [0.717, 1.165) is 0 Å². The Morgan fingerprint density at radius 1 is 1.18 bits per heavy atom. The van der Waals surface area contributed by atoms with E-state index in [-0.39, 0.29) is 17.7 Å². The van der Waals surface area contributed by atoms with Crippen molar-refractivity contribution in [2.24, 2.45) is 5.92 Å². The van der Waals surface area contributed by atoms with Gasteiger partial charge in [-0.05, 0) is 26.7 Å². The van der Waals surface area contributed by atoms with Gasteiger partial charge in [0.1, 0.15) is 11.6 Å². The molecule has 1 aliphatic heterocycles. The average Bonchev–Trinajstić information content (AvgIpc) is 2.67. The smallest absolute Gasteiger partial charge is 0.408 e. The predicted octanol–water partition coefficient (Wildman–Crippen LogP) is 0.819. The van der Waals surface area contributed by atoms with Gasteiger partial charge in [-0.15, -0.1) is 0 Å². The van der Waals surface area contributed by atoms with Crippen LogP contribution in [0.5, 0.6) is 0 Å². The maximum atomic E-state index is 11.3. The first-order chi connectivity index (χ1) is 9.92. The highest BCUT2D eigenvalue weighted by atomic mass is 16.6. The third-order valence-electron chi connectivity index (χ3n) is 2.24. The van der Waals surface area contributed by atoms with Crippen molar-refractivity contribution in [1.29, 1.82) is 0 Å². The Labute approximate surface area is 128 Å². The summed E-state index contributed by atoms with van der Waals surface area (Å²) < 4.78 is 4.96. The SMILES string of the molecule is CC(C)C(NC(=O)OC(C)(C)C)C(=O)O.O=C1C=CC(=O)N1. The number of aliphatic carboxylic acids is 1. The van der Waals surface area contributed by atoms with Gasteiger partial charge in [0.25, 0.3) is 11.8 Å². The van der Waals surface area contributed by atoms with Crippen molar-refractivity contribution in [2.45, 2.75) is 46.3 Å². The molecule has 0 saturated heterocycles. The first kappa shape index (κ1) is 19.6. The minimum absolute atomic E-state index is 0.185. The molecular formula is C14H22N2O6. The van der Waals surface area contributed by atoms with Gasteiger partial charge in [0.15, 0.2) is 0 Å². The summed E-state index contributed by atoms with van der Waals surface area (Å²) in [4.78, 5) is 42.1. The third-order valence-corrected chi connectivity index (χ3v) is 2.24. The van der Waals surface area contributed by atoms with Crippen LogP contribution in [0, 0.1) is 5.92 Å². The van der Waals surface area contributed by atoms with Gasteiger partial charge >= 0.3 is 12.1 Å². The summed E-state index contributed by atoms with van der Waals surface area (Å²) in [7, 11) is 0. The molecule has 0 aromatic carbocycles. The molecule has 0 saturated carbocycles. The lowest BCUT2D eigenvalue weighted by molar-refractivity contribution is -0.140. The predicted molar refractivity (Wildman–Crippen MR) is 77.9 cm³/mol. The summed E-state index contributed by atoms with van der Waals surface area (Å²) in [5.41, 5.74) is -0.621. The standard InChI is InChI=1S/C10H19NO4.C4H3NO2/c1-6(2)7(8(12)13)11-9(14)15-10(3,4)5;6-3-1-2-4(7)5-3/h6-7H,1-5H3,(H,11,14)(H,12,13);1-2H,(H,5,6,7). The van der Waals surface area contributed by atoms with Crippen LogP contribution < -0.4 is 10.6 Å². The summed E-state index contributed by atoms with van der Waals surface area (Å²) >= 11 is 0. The van der Waals surface area contributed by atoms with Crippen LogP contribution >= 0.6 is 0 Å². The van der Waals surface area contributed by atoms with E-state index in [4.69, 9.17) is 9.84 Å². The topological polar surface area (TPSA) is 122 Å². The van der Waals surface area contributed by atoms with Crippen LogP contribution in [0.3, 0.4) is 0 Å². The molecule has 0 bridgehead atoms. The lowest BCUT2D eigenvalue weighted by Crippen LogP contribution is -2.46. The number of hydrogen-bond donors (Lipinski definition) is 3. The number of carboxylic acids is 1. The van der Waals surface area contributed by atoms with Crippen LogP contribution in [0.2, 0.25) is 0 Å². The molecule has 22 heavy (non-hydrogen) atoms. The second kappa shape index (κ2) is 8.16. The molecule has 1 unspecified atom stereocenters. The van der Waals surface area contributed by atoms with Gasteiger partial charge in [0.05, 0.1) is 0 Å². The molecular weight excluding hydrogens is 292 g/mol. The summed E-state index contributed by atoms with van der Waals surface area (Å²) in [5.74, 6) is -1.90. The van der Waals surface area contributed by atoms with Crippen LogP contribution in [0.15, 0.2) is 12.2 Å². The molecule has 0 fully saturated rings. The molecule has 0 radical (unpaired) electrons. The van der Waals surface area contributed by atoms with Gasteiger partial charge in [-0.25, -0.2) is 9.59 Å². The van der Waals surface area contributed by atoms with Crippen LogP contribution in [0.1, 0.15) is 34.6 Å². The molecule has 8 nitrogen and oxygen atoms in total. The monoisotopic (exact) mass is 314 g/mol. The molecule has 0 aromatic heterocycles. The number of rotatable bonds is 3. The Morgan fingerprint density at radius 2 is 1.64 bits per heavy atom. The van der Waals surface area contributed by atoms with E-state index in [0.29, 0.717) is 0 Å². The van der Waals surface area contributed by atoms with Gasteiger partial charge in [-0.1, -0.05) is 13.8 Å². The zero-order chi connectivity index (χ0) is 17.5. The zero-order valence-corrected chi connectivity index (χ0v) is 13.3. The van der Waals surface area contributed by atoms with E-state index in [1.807, 2.05) is 5.32 Å². The fourth-order valence-corrected chi connectivity index (χ4v) is 1.30. The third kappa shape index (κ3) is 8.72. The van der Waals surface area contributed by atoms with E-state index in [1.165, 1.54) is 12.2 Å². The molecule has 124 valence electrons. The number of carboxylic acid groups (broad SMARTS) is 1. The van der Waals surface area contributed by atoms with Crippen molar-refractivity contribution in [3.8, 4) is 0 Å². The van der Waals surface area contributed by atoms with Crippen molar-refractivity contribution >= 4 is 23.9 Å². The highest BCUT2D eigenvalue weighted by molar-refractivity contribution is 6.12. The van der Waals surface area contributed by atoms with Gasteiger partial charge in [0, 0.05) is 12.2 Å². The van der Waals surface area contributed by atoms with Crippen LogP contribution in [0.4, 0.5) is 4.79 Å². The average molecular weight is 314 g/mol. The van der Waals surface area contributed by atoms with Crippen LogP contribution in [-0.2, 0) is 19.1 Å². The molecule has 3 N–H and O–H groups in total. The molecule has 8 heteroatoms. The Kier molecular flexibility index (Phi) is 7.28. The number of hydrogen-bond acceptors (Lipinski definition) is 5. The van der Waals surface area contributed by atoms with E-state index >= 15 is 0 Å². The number of carbonyl (C=O) groups excluding carboxylic acids is 3. The van der Waals surface area contributed by atoms with E-state index < -0.39 is 23.7 Å². The van der Waals surface area contributed by atoms with Gasteiger partial charge in [0.2, 0.25) is 0 Å². The van der Waals surface area contributed by atoms with Crippen LogP contribution in [0.25, 0.3) is 0 Å². The first-order valence-electron chi connectivity index (χ1n) is 6.67. The number of nitrogens with one attached hydrogen (secondary N) is 2. The molecule has 1 rings (SSSR count). The van der Waals surface area contributed by atoms with Crippen molar-refractivity contribution in [3.63, 3.8) is 0 Å². The maximum Gasteiger partial charge on any atom is 0.408 e. The molecule has 0 spiro atoms. The van der Waals surface area contributed by atoms with Crippen molar-refractivity contribution in [3.05, 3.63) is 12.2 Å². The van der Waals surface area contributed by atoms with Gasteiger partial charge in [-0.2, -0.15) is 0 Å². The number of amides is 3.